The lowest BCUT2D eigenvalue weighted by Crippen LogP contribution is -2.48. The third-order valence-electron chi connectivity index (χ3n) is 3.04. The van der Waals surface area contributed by atoms with Gasteiger partial charge >= 0.3 is 0 Å². The van der Waals surface area contributed by atoms with Crippen molar-refractivity contribution in [3.8, 4) is 5.75 Å². The van der Waals surface area contributed by atoms with Gasteiger partial charge in [-0.1, -0.05) is 29.8 Å². The van der Waals surface area contributed by atoms with E-state index in [0.717, 1.165) is 0 Å². The molecule has 0 saturated heterocycles. The molecule has 0 aliphatic carbocycles. The number of amides is 2. The topological polar surface area (TPSA) is 79.5 Å². The molecule has 25 heavy (non-hydrogen) atoms. The highest BCUT2D eigenvalue weighted by Crippen LogP contribution is 2.14. The molecule has 0 bridgehead atoms. The van der Waals surface area contributed by atoms with Crippen LogP contribution >= 0.6 is 23.8 Å². The van der Waals surface area contributed by atoms with E-state index in [4.69, 9.17) is 28.6 Å². The van der Waals surface area contributed by atoms with Crippen molar-refractivity contribution in [3.63, 3.8) is 0 Å². The molecule has 130 valence electrons. The largest absolute Gasteiger partial charge is 0.494 e. The van der Waals surface area contributed by atoms with Gasteiger partial charge in [-0.05, 0) is 49.5 Å². The number of halogens is 1. The van der Waals surface area contributed by atoms with Gasteiger partial charge in [0.05, 0.1) is 17.2 Å². The summed E-state index contributed by atoms with van der Waals surface area (Å²) in [6, 6.07) is 13.3. The Bertz CT molecular complexity index is 798. The second-order valence-corrected chi connectivity index (χ2v) is 5.62. The lowest BCUT2D eigenvalue weighted by atomic mass is 10.2. The highest BCUT2D eigenvalue weighted by molar-refractivity contribution is 7.80. The van der Waals surface area contributed by atoms with Crippen molar-refractivity contribution in [3.05, 3.63) is 64.7 Å². The maximum Gasteiger partial charge on any atom is 0.271 e. The highest BCUT2D eigenvalue weighted by atomic mass is 35.5. The van der Waals surface area contributed by atoms with E-state index in [9.17, 15) is 9.59 Å². The fourth-order valence-electron chi connectivity index (χ4n) is 1.93. The van der Waals surface area contributed by atoms with Crippen LogP contribution in [0.1, 0.15) is 27.6 Å². The Labute approximate surface area is 155 Å². The predicted octanol–water partition coefficient (Wildman–Crippen LogP) is 2.69. The number of hydrogen-bond donors (Lipinski definition) is 3. The van der Waals surface area contributed by atoms with E-state index in [-0.39, 0.29) is 10.7 Å². The molecule has 0 unspecified atom stereocenters. The molecule has 0 atom stereocenters. The Morgan fingerprint density at radius 1 is 1.08 bits per heavy atom. The number of hydrazine groups is 1. The molecule has 2 aromatic carbocycles. The van der Waals surface area contributed by atoms with Crippen LogP contribution in [0.5, 0.6) is 5.75 Å². The monoisotopic (exact) mass is 377 g/mol. The van der Waals surface area contributed by atoms with Gasteiger partial charge in [0, 0.05) is 5.56 Å². The second-order valence-electron chi connectivity index (χ2n) is 4.80. The number of nitrogens with one attached hydrogen (secondary N) is 3. The zero-order valence-corrected chi connectivity index (χ0v) is 14.9. The summed E-state index contributed by atoms with van der Waals surface area (Å²) in [6.45, 7) is 2.35. The molecule has 2 amide bonds. The van der Waals surface area contributed by atoms with E-state index < -0.39 is 11.8 Å². The number of hydrogen-bond acceptors (Lipinski definition) is 4. The van der Waals surface area contributed by atoms with Crippen molar-refractivity contribution in [2.45, 2.75) is 6.92 Å². The van der Waals surface area contributed by atoms with Gasteiger partial charge in [0.1, 0.15) is 5.75 Å². The molecule has 2 aromatic rings. The normalized spacial score (nSPS) is 9.84. The van der Waals surface area contributed by atoms with Gasteiger partial charge in [-0.3, -0.25) is 25.8 Å². The Kier molecular flexibility index (Phi) is 6.73. The maximum atomic E-state index is 12.2. The first-order chi connectivity index (χ1) is 12.0. The van der Waals surface area contributed by atoms with Crippen molar-refractivity contribution in [2.24, 2.45) is 0 Å². The summed E-state index contributed by atoms with van der Waals surface area (Å²) in [5, 5.41) is 2.73. The van der Waals surface area contributed by atoms with E-state index >= 15 is 0 Å². The summed E-state index contributed by atoms with van der Waals surface area (Å²) in [5.41, 5.74) is 5.50. The molecule has 3 N–H and O–H groups in total. The third kappa shape index (κ3) is 5.44. The molecule has 0 aliphatic rings. The van der Waals surface area contributed by atoms with Gasteiger partial charge < -0.3 is 4.74 Å². The van der Waals surface area contributed by atoms with Crippen molar-refractivity contribution in [2.75, 3.05) is 6.61 Å². The molecule has 0 spiro atoms. The maximum absolute atomic E-state index is 12.2. The minimum absolute atomic E-state index is 0.0489. The fraction of sp³-hybridized carbons (Fsp3) is 0.118. The lowest BCUT2D eigenvalue weighted by Gasteiger charge is -2.12. The molecule has 0 fully saturated rings. The Balaban J connectivity index is 1.89. The first-order valence-electron chi connectivity index (χ1n) is 7.40. The Morgan fingerprint density at radius 2 is 1.84 bits per heavy atom. The van der Waals surface area contributed by atoms with Crippen molar-refractivity contribution in [1.29, 1.82) is 0 Å². The second kappa shape index (κ2) is 9.00. The van der Waals surface area contributed by atoms with Crippen molar-refractivity contribution < 1.29 is 14.3 Å². The van der Waals surface area contributed by atoms with Crippen LogP contribution in [0.2, 0.25) is 5.02 Å². The van der Waals surface area contributed by atoms with Crippen LogP contribution < -0.4 is 20.9 Å². The average Bonchev–Trinajstić information content (AvgIpc) is 2.60. The number of benzene rings is 2. The molecule has 0 heterocycles. The van der Waals surface area contributed by atoms with Crippen molar-refractivity contribution in [1.82, 2.24) is 16.2 Å². The van der Waals surface area contributed by atoms with Crippen LogP contribution in [-0.2, 0) is 0 Å². The predicted molar refractivity (Wildman–Crippen MR) is 99.7 cm³/mol. The van der Waals surface area contributed by atoms with E-state index in [1.165, 1.54) is 0 Å². The van der Waals surface area contributed by atoms with Crippen LogP contribution in [-0.4, -0.2) is 23.5 Å². The van der Waals surface area contributed by atoms with Gasteiger partial charge in [0.25, 0.3) is 11.8 Å². The molecule has 0 aliphatic heterocycles. The molecular weight excluding hydrogens is 362 g/mol. The summed E-state index contributed by atoms with van der Waals surface area (Å²) < 4.78 is 5.34. The quantitative estimate of drug-likeness (QED) is 0.564. The SMILES string of the molecule is CCOc1cccc(C(=O)NC(=S)NNC(=O)c2ccccc2Cl)c1. The summed E-state index contributed by atoms with van der Waals surface area (Å²) in [7, 11) is 0. The van der Waals surface area contributed by atoms with Crippen LogP contribution in [0.15, 0.2) is 48.5 Å². The molecule has 8 heteroatoms. The number of carbonyl (C=O) groups is 2. The van der Waals surface area contributed by atoms with Gasteiger partial charge in [-0.15, -0.1) is 0 Å². The average molecular weight is 378 g/mol. The summed E-state index contributed by atoms with van der Waals surface area (Å²) >= 11 is 10.9. The van der Waals surface area contributed by atoms with Gasteiger partial charge in [-0.25, -0.2) is 0 Å². The first kappa shape index (κ1) is 18.7. The van der Waals surface area contributed by atoms with Gasteiger partial charge in [-0.2, -0.15) is 0 Å². The molecular formula is C17H16ClN3O3S. The zero-order chi connectivity index (χ0) is 18.2. The number of thiocarbonyl (C=S) groups is 1. The van der Waals surface area contributed by atoms with E-state index in [1.54, 1.807) is 48.5 Å². The zero-order valence-electron chi connectivity index (χ0n) is 13.3. The van der Waals surface area contributed by atoms with Gasteiger partial charge in [0.15, 0.2) is 5.11 Å². The van der Waals surface area contributed by atoms with E-state index in [1.807, 2.05) is 6.92 Å². The van der Waals surface area contributed by atoms with E-state index in [2.05, 4.69) is 16.2 Å². The minimum Gasteiger partial charge on any atom is -0.494 e. The first-order valence-corrected chi connectivity index (χ1v) is 8.19. The number of ether oxygens (including phenoxy) is 1. The molecule has 6 nitrogen and oxygen atoms in total. The fourth-order valence-corrected chi connectivity index (χ4v) is 2.29. The van der Waals surface area contributed by atoms with E-state index in [0.29, 0.717) is 22.9 Å². The van der Waals surface area contributed by atoms with Gasteiger partial charge in [0.2, 0.25) is 0 Å². The minimum atomic E-state index is -0.472. The molecule has 0 aromatic heterocycles. The Hall–Kier alpha value is -2.64. The standard InChI is InChI=1S/C17H16ClN3O3S/c1-2-24-12-7-5-6-11(10-12)15(22)19-17(25)21-20-16(23)13-8-3-4-9-14(13)18/h3-10H,2H2,1H3,(H,20,23)(H2,19,21,22,25). The number of rotatable bonds is 4. The molecule has 2 rings (SSSR count). The lowest BCUT2D eigenvalue weighted by molar-refractivity contribution is 0.0934. The highest BCUT2D eigenvalue weighted by Gasteiger charge is 2.12. The van der Waals surface area contributed by atoms with Crippen LogP contribution in [0.3, 0.4) is 0 Å². The Morgan fingerprint density at radius 3 is 2.56 bits per heavy atom. The summed E-state index contributed by atoms with van der Waals surface area (Å²) in [4.78, 5) is 24.1. The number of carbonyl (C=O) groups excluding carboxylic acids is 2. The smallest absolute Gasteiger partial charge is 0.271 e. The van der Waals surface area contributed by atoms with Crippen molar-refractivity contribution >= 4 is 40.7 Å². The third-order valence-corrected chi connectivity index (χ3v) is 3.58. The van der Waals surface area contributed by atoms with Crippen LogP contribution in [0, 0.1) is 0 Å². The van der Waals surface area contributed by atoms with Crippen LogP contribution in [0.25, 0.3) is 0 Å². The van der Waals surface area contributed by atoms with Crippen LogP contribution in [0.4, 0.5) is 0 Å². The molecule has 0 radical (unpaired) electrons. The molecule has 0 saturated carbocycles. The summed E-state index contributed by atoms with van der Waals surface area (Å²) in [6.07, 6.45) is 0. The summed E-state index contributed by atoms with van der Waals surface area (Å²) in [5.74, 6) is -0.312.